The minimum atomic E-state index is -0.446. The van der Waals surface area contributed by atoms with E-state index >= 15 is 0 Å². The Morgan fingerprint density at radius 3 is 2.74 bits per heavy atom. The fourth-order valence-corrected chi connectivity index (χ4v) is 1.75. The van der Waals surface area contributed by atoms with E-state index in [1.807, 2.05) is 13.0 Å². The molecule has 0 N–H and O–H groups in total. The van der Waals surface area contributed by atoms with Crippen LogP contribution in [0.1, 0.15) is 11.5 Å². The number of hydrogen-bond acceptors (Lipinski definition) is 4. The summed E-state index contributed by atoms with van der Waals surface area (Å²) in [4.78, 5) is 8.40. The zero-order valence-corrected chi connectivity index (χ0v) is 10.6. The molecular weight excluding hydrogens is 245 g/mol. The van der Waals surface area contributed by atoms with E-state index in [2.05, 4.69) is 9.97 Å². The Kier molecular flexibility index (Phi) is 3.71. The molecule has 19 heavy (non-hydrogen) atoms. The molecule has 1 aromatic carbocycles. The third kappa shape index (κ3) is 2.86. The second-order valence-corrected chi connectivity index (χ2v) is 4.00. The zero-order chi connectivity index (χ0) is 13.8. The van der Waals surface area contributed by atoms with Crippen molar-refractivity contribution < 1.29 is 9.13 Å². The van der Waals surface area contributed by atoms with Crippen LogP contribution in [0.4, 0.5) is 4.39 Å². The van der Waals surface area contributed by atoms with Crippen LogP contribution in [0.5, 0.6) is 5.75 Å². The van der Waals surface area contributed by atoms with Gasteiger partial charge in [0, 0.05) is 11.3 Å². The number of aromatic nitrogens is 2. The predicted octanol–water partition coefficient (Wildman–Crippen LogP) is 2.67. The molecule has 0 radical (unpaired) electrons. The highest BCUT2D eigenvalue weighted by atomic mass is 19.1. The molecule has 2 rings (SSSR count). The van der Waals surface area contributed by atoms with Gasteiger partial charge in [0.15, 0.2) is 11.6 Å². The van der Waals surface area contributed by atoms with Crippen molar-refractivity contribution in [2.24, 2.45) is 0 Å². The van der Waals surface area contributed by atoms with Gasteiger partial charge in [-0.05, 0) is 31.2 Å². The molecule has 0 aliphatic heterocycles. The monoisotopic (exact) mass is 257 g/mol. The molecule has 0 spiro atoms. The highest BCUT2D eigenvalue weighted by Gasteiger charge is 2.08. The van der Waals surface area contributed by atoms with E-state index in [9.17, 15) is 4.39 Å². The minimum absolute atomic E-state index is 0.132. The lowest BCUT2D eigenvalue weighted by atomic mass is 10.1. The van der Waals surface area contributed by atoms with E-state index in [1.165, 1.54) is 13.2 Å². The largest absolute Gasteiger partial charge is 0.494 e. The van der Waals surface area contributed by atoms with Gasteiger partial charge in [-0.2, -0.15) is 5.26 Å². The van der Waals surface area contributed by atoms with Crippen LogP contribution < -0.4 is 4.74 Å². The molecule has 1 heterocycles. The lowest BCUT2D eigenvalue weighted by molar-refractivity contribution is 0.386. The van der Waals surface area contributed by atoms with E-state index < -0.39 is 5.82 Å². The number of ether oxygens (including phenoxy) is 1. The van der Waals surface area contributed by atoms with Gasteiger partial charge in [0.1, 0.15) is 5.82 Å². The first-order valence-electron chi connectivity index (χ1n) is 5.69. The van der Waals surface area contributed by atoms with Crippen molar-refractivity contribution in [3.05, 3.63) is 41.6 Å². The second-order valence-electron chi connectivity index (χ2n) is 4.00. The van der Waals surface area contributed by atoms with Crippen molar-refractivity contribution in [1.82, 2.24) is 9.97 Å². The number of aryl methyl sites for hydroxylation is 1. The quantitative estimate of drug-likeness (QED) is 0.848. The number of nitriles is 1. The summed E-state index contributed by atoms with van der Waals surface area (Å²) in [5.74, 6) is 0.179. The van der Waals surface area contributed by atoms with Gasteiger partial charge in [-0.1, -0.05) is 0 Å². The molecule has 0 atom stereocenters. The number of benzene rings is 1. The zero-order valence-electron chi connectivity index (χ0n) is 10.6. The first-order valence-corrected chi connectivity index (χ1v) is 5.69. The molecule has 1 aromatic heterocycles. The van der Waals surface area contributed by atoms with Crippen LogP contribution in [0.25, 0.3) is 11.3 Å². The Balaban J connectivity index is 2.47. The molecule has 0 bridgehead atoms. The third-order valence-electron chi connectivity index (χ3n) is 2.59. The molecule has 0 saturated heterocycles. The molecule has 0 aliphatic rings. The number of halogens is 1. The standard InChI is InChI=1S/C14H12FN3O/c1-9-7-12(18-14(17-9)5-6-16)10-3-4-13(19-2)11(15)8-10/h3-4,7-8H,5H2,1-2H3. The first-order chi connectivity index (χ1) is 9.13. The number of rotatable bonds is 3. The highest BCUT2D eigenvalue weighted by molar-refractivity contribution is 5.60. The smallest absolute Gasteiger partial charge is 0.165 e. The van der Waals surface area contributed by atoms with Crippen LogP contribution in [0.2, 0.25) is 0 Å². The average Bonchev–Trinajstić information content (AvgIpc) is 2.38. The molecule has 4 nitrogen and oxygen atoms in total. The van der Waals surface area contributed by atoms with Crippen LogP contribution in [0.3, 0.4) is 0 Å². The normalized spacial score (nSPS) is 10.0. The van der Waals surface area contributed by atoms with Gasteiger partial charge in [-0.15, -0.1) is 0 Å². The van der Waals surface area contributed by atoms with Crippen LogP contribution in [0.15, 0.2) is 24.3 Å². The molecular formula is C14H12FN3O. The average molecular weight is 257 g/mol. The van der Waals surface area contributed by atoms with Crippen LogP contribution in [0, 0.1) is 24.1 Å². The van der Waals surface area contributed by atoms with Crippen molar-refractivity contribution >= 4 is 0 Å². The maximum Gasteiger partial charge on any atom is 0.165 e. The van der Waals surface area contributed by atoms with Gasteiger partial charge in [0.2, 0.25) is 0 Å². The summed E-state index contributed by atoms with van der Waals surface area (Å²) < 4.78 is 18.5. The Labute approximate surface area is 110 Å². The van der Waals surface area contributed by atoms with Gasteiger partial charge >= 0.3 is 0 Å². The minimum Gasteiger partial charge on any atom is -0.494 e. The topological polar surface area (TPSA) is 58.8 Å². The summed E-state index contributed by atoms with van der Waals surface area (Å²) in [6.07, 6.45) is 0.132. The summed E-state index contributed by atoms with van der Waals surface area (Å²) in [5, 5.41) is 8.68. The number of hydrogen-bond donors (Lipinski definition) is 0. The summed E-state index contributed by atoms with van der Waals surface area (Å²) in [5.41, 5.74) is 1.97. The Hall–Kier alpha value is -2.48. The molecule has 0 unspecified atom stereocenters. The van der Waals surface area contributed by atoms with E-state index in [4.69, 9.17) is 10.00 Å². The summed E-state index contributed by atoms with van der Waals surface area (Å²) >= 11 is 0. The Morgan fingerprint density at radius 2 is 2.11 bits per heavy atom. The number of methoxy groups -OCH3 is 1. The summed E-state index contributed by atoms with van der Waals surface area (Å²) in [6, 6.07) is 8.38. The second kappa shape index (κ2) is 5.44. The van der Waals surface area contributed by atoms with E-state index in [-0.39, 0.29) is 12.2 Å². The van der Waals surface area contributed by atoms with Crippen LogP contribution in [-0.2, 0) is 6.42 Å². The highest BCUT2D eigenvalue weighted by Crippen LogP contribution is 2.24. The van der Waals surface area contributed by atoms with E-state index in [0.29, 0.717) is 17.1 Å². The molecule has 0 amide bonds. The van der Waals surface area contributed by atoms with Crippen LogP contribution in [-0.4, -0.2) is 17.1 Å². The SMILES string of the molecule is COc1ccc(-c2cc(C)nc(CC#N)n2)cc1F. The van der Waals surface area contributed by atoms with Gasteiger partial charge in [-0.25, -0.2) is 14.4 Å². The maximum absolute atomic E-state index is 13.7. The first kappa shape index (κ1) is 13.0. The predicted molar refractivity (Wildman–Crippen MR) is 68.0 cm³/mol. The van der Waals surface area contributed by atoms with Crippen molar-refractivity contribution in [3.63, 3.8) is 0 Å². The lowest BCUT2D eigenvalue weighted by Gasteiger charge is -2.06. The molecule has 0 aliphatic carbocycles. The maximum atomic E-state index is 13.7. The molecule has 5 heteroatoms. The van der Waals surface area contributed by atoms with E-state index in [0.717, 1.165) is 5.69 Å². The number of nitrogens with zero attached hydrogens (tertiary/aromatic N) is 3. The molecule has 96 valence electrons. The van der Waals surface area contributed by atoms with Crippen molar-refractivity contribution in [1.29, 1.82) is 5.26 Å². The van der Waals surface area contributed by atoms with Crippen molar-refractivity contribution in [2.45, 2.75) is 13.3 Å². The fraction of sp³-hybridized carbons (Fsp3) is 0.214. The van der Waals surface area contributed by atoms with Gasteiger partial charge in [0.25, 0.3) is 0 Å². The van der Waals surface area contributed by atoms with Crippen molar-refractivity contribution in [2.75, 3.05) is 7.11 Å². The van der Waals surface area contributed by atoms with Gasteiger partial charge in [0.05, 0.1) is 25.3 Å². The summed E-state index contributed by atoms with van der Waals surface area (Å²) in [6.45, 7) is 1.81. The molecule has 0 fully saturated rings. The van der Waals surface area contributed by atoms with Gasteiger partial charge < -0.3 is 4.74 Å². The Morgan fingerprint density at radius 1 is 1.32 bits per heavy atom. The molecule has 2 aromatic rings. The summed E-state index contributed by atoms with van der Waals surface area (Å²) in [7, 11) is 1.41. The molecule has 0 saturated carbocycles. The lowest BCUT2D eigenvalue weighted by Crippen LogP contribution is -1.98. The van der Waals surface area contributed by atoms with Crippen LogP contribution >= 0.6 is 0 Å². The van der Waals surface area contributed by atoms with Crippen molar-refractivity contribution in [3.8, 4) is 23.1 Å². The third-order valence-corrected chi connectivity index (χ3v) is 2.59. The van der Waals surface area contributed by atoms with Gasteiger partial charge in [-0.3, -0.25) is 0 Å². The fourth-order valence-electron chi connectivity index (χ4n) is 1.75. The Bertz CT molecular complexity index is 650. The van der Waals surface area contributed by atoms with E-state index in [1.54, 1.807) is 18.2 Å².